The summed E-state index contributed by atoms with van der Waals surface area (Å²) in [4.78, 5) is 5.09. The molecule has 6 aromatic rings. The van der Waals surface area contributed by atoms with Crippen LogP contribution in [0.25, 0.3) is 16.7 Å². The maximum atomic E-state index is 6.82. The van der Waals surface area contributed by atoms with Crippen molar-refractivity contribution in [3.63, 3.8) is 0 Å². The maximum absolute atomic E-state index is 6.82. The van der Waals surface area contributed by atoms with Crippen LogP contribution < -0.4 is 5.73 Å². The predicted octanol–water partition coefficient (Wildman–Crippen LogP) is 11.8. The Balaban J connectivity index is 0.000000276. The molecule has 0 fully saturated rings. The van der Waals surface area contributed by atoms with Crippen molar-refractivity contribution in [2.24, 2.45) is 10.7 Å². The molecule has 6 aromatic carbocycles. The highest BCUT2D eigenvalue weighted by Crippen LogP contribution is 2.29. The van der Waals surface area contributed by atoms with Crippen molar-refractivity contribution in [2.75, 3.05) is 0 Å². The molecule has 1 unspecified atom stereocenters. The van der Waals surface area contributed by atoms with Gasteiger partial charge in [-0.15, -0.1) is 0 Å². The number of benzene rings is 6. The molecule has 0 aliphatic heterocycles. The van der Waals surface area contributed by atoms with Crippen molar-refractivity contribution in [3.8, 4) is 11.1 Å². The number of hydrogen-bond donors (Lipinski definition) is 2. The summed E-state index contributed by atoms with van der Waals surface area (Å²) in [7, 11) is 0. The summed E-state index contributed by atoms with van der Waals surface area (Å²) in [5.41, 5.74) is 18.7. The zero-order valence-electron chi connectivity index (χ0n) is 29.6. The first-order valence-corrected chi connectivity index (χ1v) is 17.6. The van der Waals surface area contributed by atoms with Crippen LogP contribution in [0.5, 0.6) is 0 Å². The minimum Gasteiger partial charge on any atom is -0.383 e. The summed E-state index contributed by atoms with van der Waals surface area (Å²) in [6.45, 7) is 4.22. The molecule has 0 saturated heterocycles. The highest BCUT2D eigenvalue weighted by Gasteiger charge is 2.16. The van der Waals surface area contributed by atoms with E-state index in [0.717, 1.165) is 30.4 Å². The molecular formula is C48H47N3. The van der Waals surface area contributed by atoms with Gasteiger partial charge < -0.3 is 11.1 Å². The number of nitrogens with two attached hydrogens (primary N) is 1. The predicted molar refractivity (Wildman–Crippen MR) is 218 cm³/mol. The van der Waals surface area contributed by atoms with Gasteiger partial charge in [0.15, 0.2) is 0 Å². The van der Waals surface area contributed by atoms with Crippen molar-refractivity contribution < 1.29 is 0 Å². The lowest BCUT2D eigenvalue weighted by Crippen LogP contribution is -2.18. The Bertz CT molecular complexity index is 2040. The van der Waals surface area contributed by atoms with E-state index >= 15 is 0 Å². The van der Waals surface area contributed by atoms with Crippen LogP contribution in [0.2, 0.25) is 0 Å². The van der Waals surface area contributed by atoms with Crippen molar-refractivity contribution in [1.29, 1.82) is 5.41 Å². The average Bonchev–Trinajstić information content (AvgIpc) is 3.19. The molecule has 7 rings (SSSR count). The number of nitrogens with zero attached hydrogens (tertiary/aromatic N) is 1. The normalized spacial score (nSPS) is 12.9. The second-order valence-electron chi connectivity index (χ2n) is 12.7. The van der Waals surface area contributed by atoms with Crippen molar-refractivity contribution >= 4 is 17.6 Å². The number of hydrogen-bond acceptors (Lipinski definition) is 2. The second kappa shape index (κ2) is 19.2. The molecule has 3 nitrogen and oxygen atoms in total. The summed E-state index contributed by atoms with van der Waals surface area (Å²) in [5, 5.41) is 6.82. The van der Waals surface area contributed by atoms with E-state index in [1.165, 1.54) is 50.7 Å². The van der Waals surface area contributed by atoms with Gasteiger partial charge in [-0.05, 0) is 78.1 Å². The highest BCUT2D eigenvalue weighted by atomic mass is 14.9. The summed E-state index contributed by atoms with van der Waals surface area (Å²) >= 11 is 0. The van der Waals surface area contributed by atoms with E-state index in [-0.39, 0.29) is 6.04 Å². The molecule has 3 N–H and O–H groups in total. The molecule has 1 atom stereocenters. The topological polar surface area (TPSA) is 62.2 Å². The first kappa shape index (κ1) is 36.2. The SMILES string of the molecule is Cc1cccc(-c2cccc(CC(N=C(N)C3=CCCC(c4ccccc4)=C3)c3ccccc3)c2)c1.Cc1ccccc1.N=Cc1ccccc1. The Morgan fingerprint density at radius 2 is 1.20 bits per heavy atom. The van der Waals surface area contributed by atoms with Gasteiger partial charge in [0.2, 0.25) is 0 Å². The number of aliphatic imine (C=N–C) groups is 1. The van der Waals surface area contributed by atoms with E-state index in [0.29, 0.717) is 5.84 Å². The number of amidine groups is 1. The van der Waals surface area contributed by atoms with Crippen LogP contribution in [0.4, 0.5) is 0 Å². The monoisotopic (exact) mass is 665 g/mol. The van der Waals surface area contributed by atoms with Crippen LogP contribution in [0.1, 0.15) is 52.3 Å². The smallest absolute Gasteiger partial charge is 0.125 e. The van der Waals surface area contributed by atoms with Gasteiger partial charge in [0.05, 0.1) is 6.04 Å². The van der Waals surface area contributed by atoms with Crippen LogP contribution in [0.3, 0.4) is 0 Å². The molecule has 0 heterocycles. The van der Waals surface area contributed by atoms with E-state index in [2.05, 4.69) is 141 Å². The van der Waals surface area contributed by atoms with Gasteiger partial charge in [-0.3, -0.25) is 4.99 Å². The van der Waals surface area contributed by atoms with E-state index in [9.17, 15) is 0 Å². The third kappa shape index (κ3) is 11.5. The van der Waals surface area contributed by atoms with Crippen LogP contribution in [-0.4, -0.2) is 12.1 Å². The first-order valence-electron chi connectivity index (χ1n) is 17.6. The van der Waals surface area contributed by atoms with Crippen LogP contribution in [0.15, 0.2) is 193 Å². The van der Waals surface area contributed by atoms with Crippen molar-refractivity contribution in [1.82, 2.24) is 0 Å². The fourth-order valence-corrected chi connectivity index (χ4v) is 5.93. The Morgan fingerprint density at radius 1 is 0.647 bits per heavy atom. The lowest BCUT2D eigenvalue weighted by Gasteiger charge is -2.18. The average molecular weight is 666 g/mol. The van der Waals surface area contributed by atoms with Gasteiger partial charge in [-0.1, -0.05) is 187 Å². The highest BCUT2D eigenvalue weighted by molar-refractivity contribution is 6.02. The molecule has 0 radical (unpaired) electrons. The zero-order chi connectivity index (χ0) is 35.7. The van der Waals surface area contributed by atoms with Crippen molar-refractivity contribution in [3.05, 3.63) is 221 Å². The summed E-state index contributed by atoms with van der Waals surface area (Å²) < 4.78 is 0. The van der Waals surface area contributed by atoms with Gasteiger partial charge in [0.1, 0.15) is 5.84 Å². The molecule has 0 spiro atoms. The zero-order valence-corrected chi connectivity index (χ0v) is 29.6. The van der Waals surface area contributed by atoms with E-state index < -0.39 is 0 Å². The van der Waals surface area contributed by atoms with Gasteiger partial charge in [-0.25, -0.2) is 0 Å². The summed E-state index contributed by atoms with van der Waals surface area (Å²) in [6.07, 6.45) is 8.53. The lowest BCUT2D eigenvalue weighted by atomic mass is 9.93. The quantitative estimate of drug-likeness (QED) is 0.123. The molecule has 3 heteroatoms. The minimum absolute atomic E-state index is 0.0599. The number of aryl methyl sites for hydroxylation is 2. The first-order chi connectivity index (χ1) is 25.0. The van der Waals surface area contributed by atoms with Gasteiger partial charge in [0, 0.05) is 11.8 Å². The molecule has 51 heavy (non-hydrogen) atoms. The van der Waals surface area contributed by atoms with Crippen LogP contribution in [-0.2, 0) is 6.42 Å². The molecule has 0 bridgehead atoms. The van der Waals surface area contributed by atoms with Gasteiger partial charge >= 0.3 is 0 Å². The fourth-order valence-electron chi connectivity index (χ4n) is 5.93. The number of nitrogens with one attached hydrogen (secondary N) is 1. The summed E-state index contributed by atoms with van der Waals surface area (Å²) in [6, 6.07) is 58.2. The second-order valence-corrected chi connectivity index (χ2v) is 12.7. The molecule has 0 aromatic heterocycles. The number of allylic oxidation sites excluding steroid dienone is 2. The van der Waals surface area contributed by atoms with E-state index in [1.807, 2.05) is 54.6 Å². The van der Waals surface area contributed by atoms with Crippen LogP contribution >= 0.6 is 0 Å². The number of rotatable bonds is 8. The van der Waals surface area contributed by atoms with E-state index in [4.69, 9.17) is 16.1 Å². The molecular weight excluding hydrogens is 619 g/mol. The molecule has 254 valence electrons. The largest absolute Gasteiger partial charge is 0.383 e. The maximum Gasteiger partial charge on any atom is 0.125 e. The Kier molecular flexibility index (Phi) is 13.6. The molecule has 1 aliphatic carbocycles. The fraction of sp³-hybridized carbons (Fsp3) is 0.125. The Hall–Kier alpha value is -6.06. The standard InChI is InChI=1S/C34H32N2.C7H7N.C7H8/c1-25-11-8-17-29(21-25)30-18-9-12-26(22-30)23-33(28-15-6-3-7-16-28)36-34(35)32-20-10-19-31(24-32)27-13-4-2-5-14-27;8-6-7-4-2-1-3-5-7;1-7-5-3-2-4-6-7/h2-9,11-18,20-22,24,33H,10,19,23H2,1H3,(H2,35,36);1-6,8H;2-6H,1H3. The molecule has 0 amide bonds. The van der Waals surface area contributed by atoms with Gasteiger partial charge in [-0.2, -0.15) is 0 Å². The Labute approximate surface area is 304 Å². The lowest BCUT2D eigenvalue weighted by molar-refractivity contribution is 0.723. The third-order valence-corrected chi connectivity index (χ3v) is 8.64. The summed E-state index contributed by atoms with van der Waals surface area (Å²) in [5.74, 6) is 0.604. The Morgan fingerprint density at radius 3 is 1.78 bits per heavy atom. The van der Waals surface area contributed by atoms with Crippen LogP contribution in [0, 0.1) is 19.3 Å². The molecule has 1 aliphatic rings. The minimum atomic E-state index is -0.0599. The van der Waals surface area contributed by atoms with Gasteiger partial charge in [0.25, 0.3) is 0 Å². The molecule has 0 saturated carbocycles. The van der Waals surface area contributed by atoms with E-state index in [1.54, 1.807) is 0 Å². The van der Waals surface area contributed by atoms with Crippen molar-refractivity contribution in [2.45, 2.75) is 39.2 Å². The third-order valence-electron chi connectivity index (χ3n) is 8.64.